The van der Waals surface area contributed by atoms with Gasteiger partial charge in [-0.05, 0) is 76.0 Å². The number of rotatable bonds is 3. The standard InChI is InChI=1S/C40H32BN3/c1-40(2,3)28-20-21-34-33(24-28)32-18-10-17-31-30-16-11-19-35-37(30)41(44(34)38(31)32)39-36(43(35)29-14-8-5-9-15-29)23-27(25-42-39)22-26-12-6-4-7-13-26/h4-21,23-25H,22H2,1-3H3. The van der Waals surface area contributed by atoms with Gasteiger partial charge in [-0.3, -0.25) is 4.98 Å². The second-order valence-electron chi connectivity index (χ2n) is 13.3. The Morgan fingerprint density at radius 1 is 0.659 bits per heavy atom. The van der Waals surface area contributed by atoms with E-state index in [1.54, 1.807) is 0 Å². The number of nitrogens with zero attached hydrogens (tertiary/aromatic N) is 3. The van der Waals surface area contributed by atoms with E-state index in [0.29, 0.717) is 0 Å². The topological polar surface area (TPSA) is 21.1 Å². The van der Waals surface area contributed by atoms with Crippen LogP contribution in [0, 0.1) is 0 Å². The van der Waals surface area contributed by atoms with E-state index in [4.69, 9.17) is 4.98 Å². The first-order valence-electron chi connectivity index (χ1n) is 15.6. The van der Waals surface area contributed by atoms with Gasteiger partial charge in [0.1, 0.15) is 0 Å². The maximum Gasteiger partial charge on any atom is 0.353 e. The minimum Gasteiger partial charge on any atom is -0.374 e. The van der Waals surface area contributed by atoms with Crippen molar-refractivity contribution in [3.8, 4) is 11.1 Å². The number of pyridine rings is 1. The van der Waals surface area contributed by atoms with E-state index >= 15 is 0 Å². The van der Waals surface area contributed by atoms with Gasteiger partial charge in [-0.25, -0.2) is 0 Å². The molecule has 0 aliphatic carbocycles. The summed E-state index contributed by atoms with van der Waals surface area (Å²) in [6.45, 7) is 6.86. The Morgan fingerprint density at radius 2 is 1.41 bits per heavy atom. The first-order chi connectivity index (χ1) is 21.5. The summed E-state index contributed by atoms with van der Waals surface area (Å²) in [5.41, 5.74) is 15.0. The molecular formula is C40H32BN3. The number of hydrogen-bond acceptors (Lipinski definition) is 2. The van der Waals surface area contributed by atoms with Crippen molar-refractivity contribution >= 4 is 56.8 Å². The summed E-state index contributed by atoms with van der Waals surface area (Å²) < 4.78 is 2.59. The third-order valence-corrected chi connectivity index (χ3v) is 9.55. The second-order valence-corrected chi connectivity index (χ2v) is 13.3. The lowest BCUT2D eigenvalue weighted by Crippen LogP contribution is -2.57. The fraction of sp³-hybridized carbons (Fsp3) is 0.125. The highest BCUT2D eigenvalue weighted by molar-refractivity contribution is 6.89. The molecule has 9 rings (SSSR count). The molecule has 0 atom stereocenters. The molecule has 210 valence electrons. The first-order valence-corrected chi connectivity index (χ1v) is 15.6. The van der Waals surface area contributed by atoms with Crippen LogP contribution >= 0.6 is 0 Å². The van der Waals surface area contributed by atoms with Gasteiger partial charge in [0.05, 0.1) is 11.3 Å². The second kappa shape index (κ2) is 9.21. The first kappa shape index (κ1) is 25.4. The van der Waals surface area contributed by atoms with Gasteiger partial charge in [-0.2, -0.15) is 0 Å². The molecule has 0 spiro atoms. The van der Waals surface area contributed by atoms with Gasteiger partial charge in [0.25, 0.3) is 0 Å². The number of anilines is 3. The van der Waals surface area contributed by atoms with Crippen molar-refractivity contribution in [3.05, 3.63) is 144 Å². The Hall–Kier alpha value is -5.09. The summed E-state index contributed by atoms with van der Waals surface area (Å²) >= 11 is 0. The van der Waals surface area contributed by atoms with Crippen LogP contribution in [0.2, 0.25) is 0 Å². The van der Waals surface area contributed by atoms with Crippen molar-refractivity contribution < 1.29 is 0 Å². The Labute approximate surface area is 258 Å². The molecule has 44 heavy (non-hydrogen) atoms. The number of benzene rings is 5. The summed E-state index contributed by atoms with van der Waals surface area (Å²) in [6, 6.07) is 44.6. The van der Waals surface area contributed by atoms with Gasteiger partial charge in [0.2, 0.25) is 0 Å². The number of para-hydroxylation sites is 2. The predicted molar refractivity (Wildman–Crippen MR) is 186 cm³/mol. The van der Waals surface area contributed by atoms with E-state index in [1.807, 2.05) is 0 Å². The molecule has 2 aliphatic heterocycles. The number of hydrogen-bond donors (Lipinski definition) is 0. The van der Waals surface area contributed by atoms with Crippen LogP contribution in [-0.4, -0.2) is 16.3 Å². The highest BCUT2D eigenvalue weighted by atomic mass is 15.2. The minimum atomic E-state index is -0.0303. The molecule has 0 bridgehead atoms. The fourth-order valence-electron chi connectivity index (χ4n) is 7.52. The molecule has 0 saturated carbocycles. The molecule has 0 saturated heterocycles. The molecule has 0 N–H and O–H groups in total. The fourth-order valence-corrected chi connectivity index (χ4v) is 7.52. The smallest absolute Gasteiger partial charge is 0.353 e. The zero-order valence-corrected chi connectivity index (χ0v) is 25.3. The Kier molecular flexibility index (Phi) is 5.32. The summed E-state index contributed by atoms with van der Waals surface area (Å²) in [4.78, 5) is 7.79. The van der Waals surface area contributed by atoms with Crippen molar-refractivity contribution in [1.82, 2.24) is 9.46 Å². The lowest BCUT2D eigenvalue weighted by molar-refractivity contribution is 0.591. The van der Waals surface area contributed by atoms with Crippen molar-refractivity contribution in [2.24, 2.45) is 0 Å². The van der Waals surface area contributed by atoms with Crippen LogP contribution in [0.1, 0.15) is 37.5 Å². The molecule has 7 aromatic rings. The Morgan fingerprint density at radius 3 is 2.20 bits per heavy atom. The van der Waals surface area contributed by atoms with E-state index in [1.165, 1.54) is 60.8 Å². The van der Waals surface area contributed by atoms with Crippen molar-refractivity contribution in [2.45, 2.75) is 32.6 Å². The van der Waals surface area contributed by atoms with Crippen LogP contribution < -0.4 is 16.0 Å². The molecule has 0 amide bonds. The maximum absolute atomic E-state index is 5.36. The molecule has 4 heteroatoms. The zero-order chi connectivity index (χ0) is 29.6. The number of aromatic nitrogens is 2. The van der Waals surface area contributed by atoms with Crippen molar-refractivity contribution in [1.29, 1.82) is 0 Å². The van der Waals surface area contributed by atoms with E-state index < -0.39 is 0 Å². The highest BCUT2D eigenvalue weighted by Crippen LogP contribution is 2.45. The summed E-state index contributed by atoms with van der Waals surface area (Å²) in [5, 5.41) is 2.63. The lowest BCUT2D eigenvalue weighted by Gasteiger charge is -2.39. The van der Waals surface area contributed by atoms with E-state index in [0.717, 1.165) is 23.4 Å². The summed E-state index contributed by atoms with van der Waals surface area (Å²) in [6.07, 6.45) is 2.94. The van der Waals surface area contributed by atoms with Crippen LogP contribution in [0.15, 0.2) is 128 Å². The van der Waals surface area contributed by atoms with Gasteiger partial charge in [-0.15, -0.1) is 0 Å². The van der Waals surface area contributed by atoms with Crippen LogP contribution in [-0.2, 0) is 11.8 Å². The average Bonchev–Trinajstić information content (AvgIpc) is 3.38. The normalized spacial score (nSPS) is 13.3. The van der Waals surface area contributed by atoms with Crippen LogP contribution in [0.5, 0.6) is 0 Å². The molecular weight excluding hydrogens is 533 g/mol. The quantitative estimate of drug-likeness (QED) is 0.200. The summed E-state index contributed by atoms with van der Waals surface area (Å²) in [5.74, 6) is 0. The molecule has 2 aliphatic rings. The van der Waals surface area contributed by atoms with E-state index in [9.17, 15) is 0 Å². The summed E-state index contributed by atoms with van der Waals surface area (Å²) in [7, 11) is 0. The molecule has 0 unspecified atom stereocenters. The van der Waals surface area contributed by atoms with E-state index in [2.05, 4.69) is 158 Å². The highest BCUT2D eigenvalue weighted by Gasteiger charge is 2.43. The molecule has 4 heterocycles. The monoisotopic (exact) mass is 565 g/mol. The Bertz CT molecular complexity index is 2240. The molecule has 0 fully saturated rings. The van der Waals surface area contributed by atoms with Gasteiger partial charge in [-0.1, -0.05) is 106 Å². The van der Waals surface area contributed by atoms with E-state index in [-0.39, 0.29) is 12.3 Å². The van der Waals surface area contributed by atoms with Crippen molar-refractivity contribution in [3.63, 3.8) is 0 Å². The van der Waals surface area contributed by atoms with Crippen LogP contribution in [0.3, 0.4) is 0 Å². The van der Waals surface area contributed by atoms with Gasteiger partial charge >= 0.3 is 6.85 Å². The largest absolute Gasteiger partial charge is 0.374 e. The molecule has 2 aromatic heterocycles. The molecule has 5 aromatic carbocycles. The Balaban J connectivity index is 1.36. The van der Waals surface area contributed by atoms with Gasteiger partial charge < -0.3 is 9.38 Å². The zero-order valence-electron chi connectivity index (χ0n) is 25.3. The molecule has 3 nitrogen and oxygen atoms in total. The third kappa shape index (κ3) is 3.61. The van der Waals surface area contributed by atoms with Gasteiger partial charge in [0.15, 0.2) is 0 Å². The third-order valence-electron chi connectivity index (χ3n) is 9.55. The minimum absolute atomic E-state index is 0.0303. The maximum atomic E-state index is 5.36. The average molecular weight is 566 g/mol. The van der Waals surface area contributed by atoms with Crippen molar-refractivity contribution in [2.75, 3.05) is 4.90 Å². The number of fused-ring (bicyclic) bond motifs is 7. The van der Waals surface area contributed by atoms with Crippen LogP contribution in [0.4, 0.5) is 17.1 Å². The van der Waals surface area contributed by atoms with Gasteiger partial charge in [0, 0.05) is 44.9 Å². The predicted octanol–water partition coefficient (Wildman–Crippen LogP) is 8.50. The molecule has 0 radical (unpaired) electrons. The van der Waals surface area contributed by atoms with Crippen LogP contribution in [0.25, 0.3) is 32.9 Å². The lowest BCUT2D eigenvalue weighted by atomic mass is 9.47. The SMILES string of the molecule is CC(C)(C)c1ccc2c(c1)c1cccc3c1n2B1c2ncc(Cc4ccccc4)cc2N(c2ccccc2)c2cccc-3c21.